The summed E-state index contributed by atoms with van der Waals surface area (Å²) in [5, 5.41) is 16.6. The lowest BCUT2D eigenvalue weighted by Crippen LogP contribution is -2.48. The first-order valence-corrected chi connectivity index (χ1v) is 9.08. The zero-order chi connectivity index (χ0) is 15.5. The van der Waals surface area contributed by atoms with E-state index < -0.39 is 12.0 Å². The Morgan fingerprint density at radius 1 is 1.36 bits per heavy atom. The molecule has 0 bridgehead atoms. The van der Waals surface area contributed by atoms with Crippen LogP contribution in [-0.4, -0.2) is 52.0 Å². The number of thiazole rings is 1. The third kappa shape index (κ3) is 3.55. The van der Waals surface area contributed by atoms with E-state index in [4.69, 9.17) is 0 Å². The largest absolute Gasteiger partial charge is 0.480 e. The molecule has 0 aliphatic carbocycles. The molecule has 3 rings (SSSR count). The van der Waals surface area contributed by atoms with Crippen LogP contribution >= 0.6 is 22.7 Å². The standard InChI is InChI=1S/C15H19N3O2S2/c1-11-16-13(10-22-11)8-17-3-5-18(6-4-17)14(15(19)20)12-2-7-21-9-12/h2,7,9-10,14H,3-6,8H2,1H3,(H,19,20)/t14-/m1/s1. The van der Waals surface area contributed by atoms with Crippen LogP contribution in [0.1, 0.15) is 22.3 Å². The Labute approximate surface area is 137 Å². The van der Waals surface area contributed by atoms with Crippen molar-refractivity contribution >= 4 is 28.6 Å². The number of thiophene rings is 1. The molecule has 0 unspecified atom stereocenters. The third-order valence-electron chi connectivity index (χ3n) is 3.92. The van der Waals surface area contributed by atoms with Gasteiger partial charge >= 0.3 is 5.97 Å². The summed E-state index contributed by atoms with van der Waals surface area (Å²) in [6.45, 7) is 6.18. The summed E-state index contributed by atoms with van der Waals surface area (Å²) in [6, 6.07) is 1.39. The quantitative estimate of drug-likeness (QED) is 0.908. The number of aryl methyl sites for hydroxylation is 1. The van der Waals surface area contributed by atoms with E-state index in [1.54, 1.807) is 22.7 Å². The summed E-state index contributed by atoms with van der Waals surface area (Å²) in [5.41, 5.74) is 2.00. The number of carboxylic acids is 1. The van der Waals surface area contributed by atoms with Gasteiger partial charge in [-0.25, -0.2) is 4.98 Å². The smallest absolute Gasteiger partial charge is 0.325 e. The van der Waals surface area contributed by atoms with E-state index in [1.165, 1.54) is 0 Å². The van der Waals surface area contributed by atoms with E-state index in [0.717, 1.165) is 49.0 Å². The molecule has 1 atom stereocenters. The van der Waals surface area contributed by atoms with Gasteiger partial charge in [0.2, 0.25) is 0 Å². The maximum Gasteiger partial charge on any atom is 0.325 e. The summed E-state index contributed by atoms with van der Waals surface area (Å²) in [7, 11) is 0. The monoisotopic (exact) mass is 337 g/mol. The Morgan fingerprint density at radius 2 is 2.14 bits per heavy atom. The molecule has 1 N–H and O–H groups in total. The lowest BCUT2D eigenvalue weighted by molar-refractivity contribution is -0.144. The van der Waals surface area contributed by atoms with Crippen molar-refractivity contribution in [2.45, 2.75) is 19.5 Å². The number of hydrogen-bond donors (Lipinski definition) is 1. The molecule has 7 heteroatoms. The van der Waals surface area contributed by atoms with Crippen molar-refractivity contribution in [2.24, 2.45) is 0 Å². The van der Waals surface area contributed by atoms with Gasteiger partial charge in [0.1, 0.15) is 6.04 Å². The lowest BCUT2D eigenvalue weighted by atomic mass is 10.1. The molecule has 1 aliphatic heterocycles. The van der Waals surface area contributed by atoms with Crippen molar-refractivity contribution in [3.8, 4) is 0 Å². The van der Waals surface area contributed by atoms with E-state index in [2.05, 4.69) is 20.2 Å². The van der Waals surface area contributed by atoms with Crippen LogP contribution in [0, 0.1) is 6.92 Å². The number of aliphatic carboxylic acids is 1. The third-order valence-corrected chi connectivity index (χ3v) is 5.44. The number of piperazine rings is 1. The van der Waals surface area contributed by atoms with Gasteiger partial charge in [-0.2, -0.15) is 11.3 Å². The summed E-state index contributed by atoms with van der Waals surface area (Å²) < 4.78 is 0. The summed E-state index contributed by atoms with van der Waals surface area (Å²) in [5.74, 6) is -0.762. The highest BCUT2D eigenvalue weighted by molar-refractivity contribution is 7.09. The molecule has 2 aromatic rings. The highest BCUT2D eigenvalue weighted by atomic mass is 32.1. The van der Waals surface area contributed by atoms with E-state index >= 15 is 0 Å². The zero-order valence-corrected chi connectivity index (χ0v) is 14.1. The molecular formula is C15H19N3O2S2. The first-order valence-electron chi connectivity index (χ1n) is 7.26. The van der Waals surface area contributed by atoms with Gasteiger partial charge in [-0.05, 0) is 29.3 Å². The zero-order valence-electron chi connectivity index (χ0n) is 12.4. The fourth-order valence-corrected chi connectivity index (χ4v) is 4.11. The average molecular weight is 337 g/mol. The van der Waals surface area contributed by atoms with Gasteiger partial charge < -0.3 is 5.11 Å². The minimum atomic E-state index is -0.762. The fourth-order valence-electron chi connectivity index (χ4n) is 2.83. The van der Waals surface area contributed by atoms with Gasteiger partial charge in [-0.1, -0.05) is 0 Å². The number of carboxylic acid groups (broad SMARTS) is 1. The first kappa shape index (κ1) is 15.6. The van der Waals surface area contributed by atoms with Crippen LogP contribution in [0.2, 0.25) is 0 Å². The van der Waals surface area contributed by atoms with Crippen molar-refractivity contribution in [3.63, 3.8) is 0 Å². The minimum Gasteiger partial charge on any atom is -0.480 e. The molecule has 3 heterocycles. The Kier molecular flexibility index (Phi) is 4.87. The Balaban J connectivity index is 1.59. The number of nitrogens with zero attached hydrogens (tertiary/aromatic N) is 3. The maximum absolute atomic E-state index is 11.6. The van der Waals surface area contributed by atoms with Crippen molar-refractivity contribution in [1.29, 1.82) is 0 Å². The second kappa shape index (κ2) is 6.87. The van der Waals surface area contributed by atoms with Crippen molar-refractivity contribution in [3.05, 3.63) is 38.5 Å². The second-order valence-corrected chi connectivity index (χ2v) is 7.31. The molecule has 2 aromatic heterocycles. The second-order valence-electron chi connectivity index (χ2n) is 5.47. The molecule has 22 heavy (non-hydrogen) atoms. The number of carbonyl (C=O) groups is 1. The van der Waals surface area contributed by atoms with Crippen LogP contribution in [0.25, 0.3) is 0 Å². The summed E-state index contributed by atoms with van der Waals surface area (Å²) in [4.78, 5) is 20.5. The molecule has 5 nitrogen and oxygen atoms in total. The lowest BCUT2D eigenvalue weighted by Gasteiger charge is -2.37. The predicted molar refractivity (Wildman–Crippen MR) is 88.4 cm³/mol. The van der Waals surface area contributed by atoms with Crippen LogP contribution in [0.4, 0.5) is 0 Å². The molecular weight excluding hydrogens is 318 g/mol. The summed E-state index contributed by atoms with van der Waals surface area (Å²) >= 11 is 3.22. The average Bonchev–Trinajstić information content (AvgIpc) is 3.13. The predicted octanol–water partition coefficient (Wildman–Crippen LogP) is 2.46. The highest BCUT2D eigenvalue weighted by Crippen LogP contribution is 2.25. The van der Waals surface area contributed by atoms with Crippen LogP contribution in [-0.2, 0) is 11.3 Å². The Morgan fingerprint density at radius 3 is 2.68 bits per heavy atom. The van der Waals surface area contributed by atoms with Crippen LogP contribution < -0.4 is 0 Å². The van der Waals surface area contributed by atoms with Crippen molar-refractivity contribution in [2.75, 3.05) is 26.2 Å². The van der Waals surface area contributed by atoms with Crippen molar-refractivity contribution in [1.82, 2.24) is 14.8 Å². The number of aromatic nitrogens is 1. The van der Waals surface area contributed by atoms with E-state index in [0.29, 0.717) is 0 Å². The molecule has 0 amide bonds. The van der Waals surface area contributed by atoms with Gasteiger partial charge in [0.15, 0.2) is 0 Å². The number of rotatable bonds is 5. The van der Waals surface area contributed by atoms with Gasteiger partial charge in [0.25, 0.3) is 0 Å². The van der Waals surface area contributed by atoms with Gasteiger partial charge in [-0.15, -0.1) is 11.3 Å². The Hall–Kier alpha value is -1.28. The van der Waals surface area contributed by atoms with E-state index in [9.17, 15) is 9.90 Å². The maximum atomic E-state index is 11.6. The van der Waals surface area contributed by atoms with Gasteiger partial charge in [0.05, 0.1) is 10.7 Å². The number of hydrogen-bond acceptors (Lipinski definition) is 6. The summed E-state index contributed by atoms with van der Waals surface area (Å²) in [6.07, 6.45) is 0. The topological polar surface area (TPSA) is 56.7 Å². The normalized spacial score (nSPS) is 18.4. The van der Waals surface area contributed by atoms with Crippen LogP contribution in [0.5, 0.6) is 0 Å². The molecule has 1 saturated heterocycles. The van der Waals surface area contributed by atoms with Crippen LogP contribution in [0.15, 0.2) is 22.2 Å². The molecule has 0 spiro atoms. The first-order chi connectivity index (χ1) is 10.6. The molecule has 118 valence electrons. The molecule has 1 aliphatic rings. The van der Waals surface area contributed by atoms with Crippen molar-refractivity contribution < 1.29 is 9.90 Å². The van der Waals surface area contributed by atoms with E-state index in [1.807, 2.05) is 23.8 Å². The van der Waals surface area contributed by atoms with Gasteiger partial charge in [0, 0.05) is 38.1 Å². The Bertz CT molecular complexity index is 619. The van der Waals surface area contributed by atoms with Crippen LogP contribution in [0.3, 0.4) is 0 Å². The molecule has 1 fully saturated rings. The van der Waals surface area contributed by atoms with Gasteiger partial charge in [-0.3, -0.25) is 14.6 Å². The molecule has 0 radical (unpaired) electrons. The highest BCUT2D eigenvalue weighted by Gasteiger charge is 2.30. The van der Waals surface area contributed by atoms with E-state index in [-0.39, 0.29) is 0 Å². The molecule has 0 aromatic carbocycles. The molecule has 0 saturated carbocycles. The SMILES string of the molecule is Cc1nc(CN2CCN([C@@H](C(=O)O)c3ccsc3)CC2)cs1. The fraction of sp³-hybridized carbons (Fsp3) is 0.467. The minimum absolute atomic E-state index is 0.519.